The number of nitrogens with two attached hydrogens (primary N) is 9. The quantitative estimate of drug-likeness (QED) is 0.159. The van der Waals surface area contributed by atoms with E-state index in [1.54, 1.807) is 6.92 Å². The normalized spacial score (nSPS) is 11.4. The van der Waals surface area contributed by atoms with Gasteiger partial charge in [0.05, 0.1) is 45.5 Å². The zero-order chi connectivity index (χ0) is 18.1. The van der Waals surface area contributed by atoms with E-state index in [4.69, 9.17) is 51.6 Å². The van der Waals surface area contributed by atoms with Crippen molar-refractivity contribution in [3.05, 3.63) is 5.56 Å². The van der Waals surface area contributed by atoms with Gasteiger partial charge in [0.15, 0.2) is 0 Å². The van der Waals surface area contributed by atoms with Crippen molar-refractivity contribution in [2.24, 2.45) is 0 Å². The summed E-state index contributed by atoms with van der Waals surface area (Å²) >= 11 is 0. The molecule has 0 bridgehead atoms. The molecule has 0 amide bonds. The Morgan fingerprint density at radius 3 is 1.00 bits per heavy atom. The third-order valence-corrected chi connectivity index (χ3v) is 4.62. The van der Waals surface area contributed by atoms with Gasteiger partial charge in [0.25, 0.3) is 0 Å². The van der Waals surface area contributed by atoms with Crippen LogP contribution in [0, 0.1) is 6.92 Å². The Bertz CT molecular complexity index is 888. The number of nitrogen functional groups attached to an aromatic ring is 9. The Labute approximate surface area is 137 Å². The molecule has 0 aliphatic rings. The lowest BCUT2D eigenvalue weighted by Gasteiger charge is -2.22. The molecule has 0 aliphatic carbocycles. The van der Waals surface area contributed by atoms with E-state index in [1.807, 2.05) is 0 Å². The van der Waals surface area contributed by atoms with Crippen LogP contribution in [0.2, 0.25) is 0 Å². The van der Waals surface area contributed by atoms with Gasteiger partial charge in [0.1, 0.15) is 0 Å². The highest BCUT2D eigenvalue weighted by molar-refractivity contribution is 6.32. The third kappa shape index (κ3) is 1.52. The highest BCUT2D eigenvalue weighted by atomic mass is 14.8. The van der Waals surface area contributed by atoms with E-state index >= 15 is 0 Å². The zero-order valence-electron chi connectivity index (χ0n) is 13.2. The van der Waals surface area contributed by atoms with Crippen LogP contribution in [-0.4, -0.2) is 0 Å². The summed E-state index contributed by atoms with van der Waals surface area (Å²) in [5.74, 6) is 0. The smallest absolute Gasteiger partial charge is 0.0810 e. The van der Waals surface area contributed by atoms with E-state index in [9.17, 15) is 0 Å². The Balaban J connectivity index is 2.82. The van der Waals surface area contributed by atoms with Gasteiger partial charge in [-0.3, -0.25) is 0 Å². The molecule has 0 atom stereocenters. The summed E-state index contributed by atoms with van der Waals surface area (Å²) < 4.78 is 0. The second kappa shape index (κ2) is 4.44. The van der Waals surface area contributed by atoms with Crippen LogP contribution >= 0.6 is 0 Å². The standard InChI is InChI=1S/C15H21N9/c1-2-7(16)3-4(11(20)8(2)17)10(19)6-5(9(3)18)12(21)14(23)15(24)13(6)22/h16-24H2,1H3. The Kier molecular flexibility index (Phi) is 2.83. The molecule has 9 nitrogen and oxygen atoms in total. The largest absolute Gasteiger partial charge is 0.398 e. The van der Waals surface area contributed by atoms with Gasteiger partial charge in [-0.2, -0.15) is 0 Å². The third-order valence-electron chi connectivity index (χ3n) is 4.62. The second-order valence-electron chi connectivity index (χ2n) is 5.85. The zero-order valence-corrected chi connectivity index (χ0v) is 13.2. The minimum Gasteiger partial charge on any atom is -0.398 e. The molecule has 0 saturated heterocycles. The molecule has 0 saturated carbocycles. The van der Waals surface area contributed by atoms with Crippen LogP contribution in [0.5, 0.6) is 0 Å². The van der Waals surface area contributed by atoms with Crippen LogP contribution in [0.15, 0.2) is 0 Å². The molecule has 0 aromatic heterocycles. The van der Waals surface area contributed by atoms with Crippen molar-refractivity contribution in [2.45, 2.75) is 6.92 Å². The predicted molar refractivity (Wildman–Crippen MR) is 106 cm³/mol. The molecule has 24 heavy (non-hydrogen) atoms. The lowest BCUT2D eigenvalue weighted by Crippen LogP contribution is -2.10. The molecular weight excluding hydrogens is 306 g/mol. The summed E-state index contributed by atoms with van der Waals surface area (Å²) in [6, 6.07) is 0. The molecule has 0 aliphatic heterocycles. The van der Waals surface area contributed by atoms with Crippen molar-refractivity contribution in [3.63, 3.8) is 0 Å². The van der Waals surface area contributed by atoms with Gasteiger partial charge in [0, 0.05) is 27.2 Å². The molecule has 0 heterocycles. The second-order valence-corrected chi connectivity index (χ2v) is 5.85. The highest BCUT2D eigenvalue weighted by Crippen LogP contribution is 2.51. The minimum absolute atomic E-state index is 0.136. The van der Waals surface area contributed by atoms with Crippen LogP contribution in [0.3, 0.4) is 0 Å². The lowest BCUT2D eigenvalue weighted by molar-refractivity contribution is 1.50. The van der Waals surface area contributed by atoms with Crippen molar-refractivity contribution >= 4 is 72.7 Å². The van der Waals surface area contributed by atoms with Crippen LogP contribution in [0.1, 0.15) is 5.56 Å². The number of anilines is 9. The van der Waals surface area contributed by atoms with Gasteiger partial charge in [0.2, 0.25) is 0 Å². The summed E-state index contributed by atoms with van der Waals surface area (Å²) in [4.78, 5) is 0. The number of benzene rings is 3. The summed E-state index contributed by atoms with van der Waals surface area (Å²) in [6.45, 7) is 1.75. The van der Waals surface area contributed by atoms with E-state index in [2.05, 4.69) is 0 Å². The summed E-state index contributed by atoms with van der Waals surface area (Å²) in [7, 11) is 0. The molecule has 3 aromatic rings. The number of hydrogen-bond donors (Lipinski definition) is 9. The number of fused-ring (bicyclic) bond motifs is 2. The Hall–Kier alpha value is -3.62. The van der Waals surface area contributed by atoms with Crippen LogP contribution in [0.25, 0.3) is 21.5 Å². The maximum Gasteiger partial charge on any atom is 0.0810 e. The molecule has 3 aromatic carbocycles. The topological polar surface area (TPSA) is 234 Å². The summed E-state index contributed by atoms with van der Waals surface area (Å²) in [6.07, 6.45) is 0. The molecule has 0 fully saturated rings. The fourth-order valence-electron chi connectivity index (χ4n) is 3.14. The van der Waals surface area contributed by atoms with E-state index < -0.39 is 0 Å². The van der Waals surface area contributed by atoms with E-state index in [0.29, 0.717) is 38.5 Å². The SMILES string of the molecule is Cc1c(N)c(N)c2c(N)c3c(N)c(N)c(N)c(N)c3c(N)c2c1N. The Morgan fingerprint density at radius 1 is 0.333 bits per heavy atom. The van der Waals surface area contributed by atoms with Crippen LogP contribution in [-0.2, 0) is 0 Å². The molecule has 18 N–H and O–H groups in total. The first-order valence-electron chi connectivity index (χ1n) is 7.10. The Morgan fingerprint density at radius 2 is 0.625 bits per heavy atom. The molecule has 9 heteroatoms. The number of hydrogen-bond acceptors (Lipinski definition) is 9. The van der Waals surface area contributed by atoms with Crippen LogP contribution in [0.4, 0.5) is 51.2 Å². The first-order valence-corrected chi connectivity index (χ1v) is 7.10. The fraction of sp³-hybridized carbons (Fsp3) is 0.0667. The first kappa shape index (κ1) is 15.3. The number of rotatable bonds is 0. The van der Waals surface area contributed by atoms with Gasteiger partial charge >= 0.3 is 0 Å². The fourth-order valence-corrected chi connectivity index (χ4v) is 3.14. The van der Waals surface area contributed by atoms with Crippen molar-refractivity contribution in [1.29, 1.82) is 0 Å². The maximum absolute atomic E-state index is 6.34. The monoisotopic (exact) mass is 327 g/mol. The van der Waals surface area contributed by atoms with E-state index in [0.717, 1.165) is 0 Å². The minimum atomic E-state index is 0.136. The van der Waals surface area contributed by atoms with Crippen molar-refractivity contribution < 1.29 is 0 Å². The maximum atomic E-state index is 6.34. The highest BCUT2D eigenvalue weighted by Gasteiger charge is 2.24. The van der Waals surface area contributed by atoms with Gasteiger partial charge < -0.3 is 51.6 Å². The van der Waals surface area contributed by atoms with Crippen molar-refractivity contribution in [3.8, 4) is 0 Å². The summed E-state index contributed by atoms with van der Waals surface area (Å²) in [5, 5.41) is 1.69. The summed E-state index contributed by atoms with van der Waals surface area (Å²) in [5.41, 5.74) is 57.9. The molecule has 0 radical (unpaired) electrons. The molecule has 3 rings (SSSR count). The average molecular weight is 327 g/mol. The lowest BCUT2D eigenvalue weighted by atomic mass is 9.91. The van der Waals surface area contributed by atoms with Gasteiger partial charge in [-0.05, 0) is 12.5 Å². The molecule has 0 unspecified atom stereocenters. The predicted octanol–water partition coefficient (Wildman–Crippen LogP) is 0.541. The molecule has 0 spiro atoms. The van der Waals surface area contributed by atoms with Crippen molar-refractivity contribution in [2.75, 3.05) is 51.6 Å². The van der Waals surface area contributed by atoms with Crippen LogP contribution < -0.4 is 51.6 Å². The molecular formula is C15H21N9. The van der Waals surface area contributed by atoms with Gasteiger partial charge in [-0.1, -0.05) is 0 Å². The first-order chi connectivity index (χ1) is 11.1. The molecule has 126 valence electrons. The average Bonchev–Trinajstić information content (AvgIpc) is 2.55. The van der Waals surface area contributed by atoms with Gasteiger partial charge in [-0.25, -0.2) is 0 Å². The van der Waals surface area contributed by atoms with Gasteiger partial charge in [-0.15, -0.1) is 0 Å². The van der Waals surface area contributed by atoms with Crippen molar-refractivity contribution in [1.82, 2.24) is 0 Å². The van der Waals surface area contributed by atoms with E-state index in [-0.39, 0.29) is 39.8 Å². The van der Waals surface area contributed by atoms with E-state index in [1.165, 1.54) is 0 Å².